The first-order chi connectivity index (χ1) is 16.4. The van der Waals surface area contributed by atoms with E-state index in [0.717, 1.165) is 11.1 Å². The number of rotatable bonds is 8. The minimum absolute atomic E-state index is 0.00175. The lowest BCUT2D eigenvalue weighted by atomic mass is 9.84. The van der Waals surface area contributed by atoms with Gasteiger partial charge in [0.05, 0.1) is 5.41 Å². The molecule has 1 saturated heterocycles. The summed E-state index contributed by atoms with van der Waals surface area (Å²) in [6.07, 6.45) is 0.948. The van der Waals surface area contributed by atoms with Crippen molar-refractivity contribution in [1.82, 2.24) is 10.2 Å². The minimum atomic E-state index is -0.838. The third-order valence-electron chi connectivity index (χ3n) is 7.41. The molecule has 7 heteroatoms. The van der Waals surface area contributed by atoms with Crippen molar-refractivity contribution in [3.63, 3.8) is 0 Å². The molecule has 4 rings (SSSR count). The summed E-state index contributed by atoms with van der Waals surface area (Å²) in [5, 5.41) is 12.3. The van der Waals surface area contributed by atoms with Gasteiger partial charge < -0.3 is 20.1 Å². The number of fused-ring (bicyclic) bond motifs is 3. The Hall–Kier alpha value is -3.35. The number of carboxylic acids is 1. The van der Waals surface area contributed by atoms with E-state index in [2.05, 4.69) is 29.6 Å². The number of carbonyl (C=O) groups is 3. The zero-order chi connectivity index (χ0) is 24.3. The number of alkyl carbamates (subject to hydrolysis) is 1. The van der Waals surface area contributed by atoms with Crippen molar-refractivity contribution in [2.24, 2.45) is 11.3 Å². The van der Waals surface area contributed by atoms with Gasteiger partial charge in [0.1, 0.15) is 6.61 Å². The normalized spacial score (nSPS) is 19.9. The Morgan fingerprint density at radius 3 is 2.29 bits per heavy atom. The molecule has 1 aliphatic carbocycles. The summed E-state index contributed by atoms with van der Waals surface area (Å²) in [7, 11) is 0. The molecule has 1 heterocycles. The number of hydrogen-bond acceptors (Lipinski definition) is 4. The van der Waals surface area contributed by atoms with Gasteiger partial charge in [-0.15, -0.1) is 0 Å². The van der Waals surface area contributed by atoms with E-state index in [1.807, 2.05) is 38.1 Å². The minimum Gasteiger partial charge on any atom is -0.481 e. The average Bonchev–Trinajstić information content (AvgIpc) is 3.43. The van der Waals surface area contributed by atoms with Gasteiger partial charge in [0.2, 0.25) is 5.91 Å². The Morgan fingerprint density at radius 1 is 1.12 bits per heavy atom. The van der Waals surface area contributed by atoms with Crippen LogP contribution in [0.1, 0.15) is 50.2 Å². The summed E-state index contributed by atoms with van der Waals surface area (Å²) < 4.78 is 5.54. The third kappa shape index (κ3) is 4.52. The molecule has 2 aliphatic rings. The molecule has 2 N–H and O–H groups in total. The van der Waals surface area contributed by atoms with Gasteiger partial charge in [0, 0.05) is 31.5 Å². The summed E-state index contributed by atoms with van der Waals surface area (Å²) in [4.78, 5) is 38.4. The average molecular weight is 465 g/mol. The van der Waals surface area contributed by atoms with Crippen molar-refractivity contribution in [2.75, 3.05) is 26.2 Å². The van der Waals surface area contributed by atoms with Gasteiger partial charge in [0.15, 0.2) is 0 Å². The van der Waals surface area contributed by atoms with Crippen molar-refractivity contribution in [3.05, 3.63) is 59.7 Å². The number of aliphatic carboxylic acids is 1. The van der Waals surface area contributed by atoms with Crippen LogP contribution in [0.5, 0.6) is 0 Å². The maximum absolute atomic E-state index is 12.8. The van der Waals surface area contributed by atoms with Crippen LogP contribution in [-0.2, 0) is 14.3 Å². The van der Waals surface area contributed by atoms with E-state index in [1.54, 1.807) is 4.90 Å². The first-order valence-corrected chi connectivity index (χ1v) is 12.0. The van der Waals surface area contributed by atoms with E-state index in [-0.39, 0.29) is 30.9 Å². The SMILES string of the molecule is CCC1(C(=O)O)CCN(C(=O)C(C)CCNC(=O)OCC2c3ccccc3-c3ccccc32)C1. The van der Waals surface area contributed by atoms with Crippen LogP contribution >= 0.6 is 0 Å². The Bertz CT molecular complexity index is 1040. The molecule has 2 amide bonds. The van der Waals surface area contributed by atoms with Crippen LogP contribution in [0.15, 0.2) is 48.5 Å². The van der Waals surface area contributed by atoms with Gasteiger partial charge in [-0.25, -0.2) is 4.79 Å². The van der Waals surface area contributed by atoms with Crippen LogP contribution in [0, 0.1) is 11.3 Å². The summed E-state index contributed by atoms with van der Waals surface area (Å²) in [6.45, 7) is 4.94. The second-order valence-corrected chi connectivity index (χ2v) is 9.39. The molecule has 2 aromatic rings. The van der Waals surface area contributed by atoms with Crippen molar-refractivity contribution >= 4 is 18.0 Å². The molecule has 0 saturated carbocycles. The highest BCUT2D eigenvalue weighted by atomic mass is 16.5. The smallest absolute Gasteiger partial charge is 0.407 e. The monoisotopic (exact) mass is 464 g/mol. The van der Waals surface area contributed by atoms with Gasteiger partial charge in [-0.1, -0.05) is 62.4 Å². The van der Waals surface area contributed by atoms with Gasteiger partial charge in [-0.3, -0.25) is 9.59 Å². The number of nitrogens with zero attached hydrogens (tertiary/aromatic N) is 1. The van der Waals surface area contributed by atoms with Crippen LogP contribution in [0.2, 0.25) is 0 Å². The van der Waals surface area contributed by atoms with Gasteiger partial charge in [-0.05, 0) is 41.5 Å². The quantitative estimate of drug-likeness (QED) is 0.608. The zero-order valence-corrected chi connectivity index (χ0v) is 19.8. The highest BCUT2D eigenvalue weighted by molar-refractivity contribution is 5.82. The molecule has 180 valence electrons. The predicted molar refractivity (Wildman–Crippen MR) is 128 cm³/mol. The molecule has 34 heavy (non-hydrogen) atoms. The van der Waals surface area contributed by atoms with Gasteiger partial charge in [-0.2, -0.15) is 0 Å². The number of carboxylic acid groups (broad SMARTS) is 1. The lowest BCUT2D eigenvalue weighted by Gasteiger charge is -2.25. The molecular formula is C27H32N2O5. The molecule has 2 aromatic carbocycles. The van der Waals surface area contributed by atoms with Crippen LogP contribution in [-0.4, -0.2) is 54.2 Å². The molecule has 0 spiro atoms. The van der Waals surface area contributed by atoms with Crippen LogP contribution in [0.4, 0.5) is 4.79 Å². The van der Waals surface area contributed by atoms with Gasteiger partial charge >= 0.3 is 12.1 Å². The maximum Gasteiger partial charge on any atom is 0.407 e. The number of ether oxygens (including phenoxy) is 1. The number of amides is 2. The van der Waals surface area contributed by atoms with Crippen LogP contribution in [0.3, 0.4) is 0 Å². The fourth-order valence-corrected chi connectivity index (χ4v) is 5.15. The van der Waals surface area contributed by atoms with E-state index in [0.29, 0.717) is 32.4 Å². The molecule has 0 radical (unpaired) electrons. The summed E-state index contributed by atoms with van der Waals surface area (Å²) in [5.74, 6) is -1.21. The molecule has 2 atom stereocenters. The molecule has 2 unspecified atom stereocenters. The predicted octanol–water partition coefficient (Wildman–Crippen LogP) is 4.26. The van der Waals surface area contributed by atoms with Crippen molar-refractivity contribution in [2.45, 2.75) is 39.0 Å². The van der Waals surface area contributed by atoms with E-state index >= 15 is 0 Å². The molecule has 1 fully saturated rings. The fraction of sp³-hybridized carbons (Fsp3) is 0.444. The lowest BCUT2D eigenvalue weighted by Crippen LogP contribution is -2.39. The number of nitrogens with one attached hydrogen (secondary N) is 1. The molecule has 1 aliphatic heterocycles. The summed E-state index contributed by atoms with van der Waals surface area (Å²) in [5.41, 5.74) is 3.83. The van der Waals surface area contributed by atoms with Crippen molar-refractivity contribution in [1.29, 1.82) is 0 Å². The van der Waals surface area contributed by atoms with E-state index < -0.39 is 17.5 Å². The Balaban J connectivity index is 1.25. The molecule has 0 aromatic heterocycles. The lowest BCUT2D eigenvalue weighted by molar-refractivity contribution is -0.149. The van der Waals surface area contributed by atoms with Crippen molar-refractivity contribution < 1.29 is 24.2 Å². The van der Waals surface area contributed by atoms with Gasteiger partial charge in [0.25, 0.3) is 0 Å². The number of benzene rings is 2. The number of hydrogen-bond donors (Lipinski definition) is 2. The standard InChI is InChI=1S/C27H32N2O5/c1-3-27(25(31)32)13-15-29(17-27)24(30)18(2)12-14-28-26(33)34-16-23-21-10-6-4-8-19(21)20-9-5-7-11-22(20)23/h4-11,18,23H,3,12-17H2,1-2H3,(H,28,33)(H,31,32). The maximum atomic E-state index is 12.8. The molecular weight excluding hydrogens is 432 g/mol. The zero-order valence-electron chi connectivity index (χ0n) is 19.8. The Labute approximate surface area is 200 Å². The second-order valence-electron chi connectivity index (χ2n) is 9.39. The first-order valence-electron chi connectivity index (χ1n) is 12.0. The van der Waals surface area contributed by atoms with E-state index in [4.69, 9.17) is 4.74 Å². The first kappa shape index (κ1) is 23.8. The number of carbonyl (C=O) groups excluding carboxylic acids is 2. The van der Waals surface area contributed by atoms with E-state index in [1.165, 1.54) is 11.1 Å². The summed E-state index contributed by atoms with van der Waals surface area (Å²) >= 11 is 0. The highest BCUT2D eigenvalue weighted by Crippen LogP contribution is 2.44. The Kier molecular flexibility index (Phi) is 6.91. The highest BCUT2D eigenvalue weighted by Gasteiger charge is 2.45. The number of likely N-dealkylation sites (tertiary alicyclic amines) is 1. The van der Waals surface area contributed by atoms with Crippen LogP contribution < -0.4 is 5.32 Å². The summed E-state index contributed by atoms with van der Waals surface area (Å²) in [6, 6.07) is 16.4. The third-order valence-corrected chi connectivity index (χ3v) is 7.41. The fourth-order valence-electron chi connectivity index (χ4n) is 5.15. The molecule has 0 bridgehead atoms. The topological polar surface area (TPSA) is 95.9 Å². The van der Waals surface area contributed by atoms with Crippen LogP contribution in [0.25, 0.3) is 11.1 Å². The Morgan fingerprint density at radius 2 is 1.74 bits per heavy atom. The van der Waals surface area contributed by atoms with Crippen molar-refractivity contribution in [3.8, 4) is 11.1 Å². The molecule has 7 nitrogen and oxygen atoms in total. The van der Waals surface area contributed by atoms with E-state index in [9.17, 15) is 19.5 Å². The largest absolute Gasteiger partial charge is 0.481 e. The second kappa shape index (κ2) is 9.87.